The van der Waals surface area contributed by atoms with Crippen LogP contribution in [0.5, 0.6) is 0 Å². The van der Waals surface area contributed by atoms with Gasteiger partial charge in [0.1, 0.15) is 0 Å². The van der Waals surface area contributed by atoms with E-state index in [2.05, 4.69) is 11.8 Å². The maximum absolute atomic E-state index is 13.3. The van der Waals surface area contributed by atoms with Crippen LogP contribution in [-0.2, 0) is 0 Å². The molecule has 4 heteroatoms. The Kier molecular flexibility index (Phi) is 4.53. The molecule has 3 atom stereocenters. The molecule has 0 spiro atoms. The van der Waals surface area contributed by atoms with Crippen LogP contribution in [-0.4, -0.2) is 24.5 Å². The van der Waals surface area contributed by atoms with Gasteiger partial charge in [-0.05, 0) is 56.0 Å². The highest BCUT2D eigenvalue weighted by atomic mass is 19.2. The smallest absolute Gasteiger partial charge is 0.159 e. The Morgan fingerprint density at radius 1 is 1.37 bits per heavy atom. The normalized spacial score (nSPS) is 26.4. The van der Waals surface area contributed by atoms with Crippen LogP contribution >= 0.6 is 0 Å². The summed E-state index contributed by atoms with van der Waals surface area (Å²) in [7, 11) is 0. The summed E-state index contributed by atoms with van der Waals surface area (Å²) in [6, 6.07) is 4.26. The predicted octanol–water partition coefficient (Wildman–Crippen LogP) is 2.94. The van der Waals surface area contributed by atoms with Crippen LogP contribution < -0.4 is 5.73 Å². The van der Waals surface area contributed by atoms with Crippen LogP contribution in [0.4, 0.5) is 8.78 Å². The Bertz CT molecular complexity index is 436. The van der Waals surface area contributed by atoms with E-state index >= 15 is 0 Å². The first-order valence-corrected chi connectivity index (χ1v) is 6.92. The lowest BCUT2D eigenvalue weighted by atomic mass is 9.86. The van der Waals surface area contributed by atoms with E-state index < -0.39 is 11.6 Å². The summed E-state index contributed by atoms with van der Waals surface area (Å²) in [6.45, 7) is 6.87. The van der Waals surface area contributed by atoms with Crippen molar-refractivity contribution in [2.24, 2.45) is 17.6 Å². The minimum Gasteiger partial charge on any atom is -0.330 e. The average molecular weight is 268 g/mol. The molecule has 1 aliphatic rings. The third-order valence-corrected chi connectivity index (χ3v) is 4.42. The van der Waals surface area contributed by atoms with Crippen molar-refractivity contribution >= 4 is 0 Å². The summed E-state index contributed by atoms with van der Waals surface area (Å²) in [5.74, 6) is -0.437. The van der Waals surface area contributed by atoms with Gasteiger partial charge in [0.25, 0.3) is 0 Å². The van der Waals surface area contributed by atoms with Gasteiger partial charge in [-0.25, -0.2) is 8.78 Å². The summed E-state index contributed by atoms with van der Waals surface area (Å²) < 4.78 is 26.3. The lowest BCUT2D eigenvalue weighted by Crippen LogP contribution is -2.43. The zero-order valence-corrected chi connectivity index (χ0v) is 11.6. The molecule has 0 saturated carbocycles. The van der Waals surface area contributed by atoms with Gasteiger partial charge in [-0.15, -0.1) is 0 Å². The number of likely N-dealkylation sites (tertiary alicyclic amines) is 1. The molecule has 1 aromatic carbocycles. The second kappa shape index (κ2) is 5.97. The van der Waals surface area contributed by atoms with Crippen molar-refractivity contribution in [1.29, 1.82) is 0 Å². The zero-order chi connectivity index (χ0) is 14.0. The summed E-state index contributed by atoms with van der Waals surface area (Å²) in [6.07, 6.45) is 1.11. The molecule has 2 nitrogen and oxygen atoms in total. The first-order valence-electron chi connectivity index (χ1n) is 6.92. The lowest BCUT2D eigenvalue weighted by molar-refractivity contribution is 0.0977. The van der Waals surface area contributed by atoms with E-state index in [1.165, 1.54) is 12.1 Å². The Balaban J connectivity index is 2.10. The number of halogens is 2. The number of piperidine rings is 1. The highest BCUT2D eigenvalue weighted by molar-refractivity contribution is 5.21. The van der Waals surface area contributed by atoms with Crippen LogP contribution in [0, 0.1) is 23.5 Å². The highest BCUT2D eigenvalue weighted by Gasteiger charge is 2.28. The molecule has 106 valence electrons. The number of hydrogen-bond donors (Lipinski definition) is 1. The van der Waals surface area contributed by atoms with E-state index in [-0.39, 0.29) is 6.04 Å². The molecule has 1 heterocycles. The molecular formula is C15H22F2N2. The van der Waals surface area contributed by atoms with E-state index in [1.807, 2.05) is 6.92 Å². The predicted molar refractivity (Wildman–Crippen MR) is 72.7 cm³/mol. The van der Waals surface area contributed by atoms with Crippen LogP contribution in [0.1, 0.15) is 31.9 Å². The van der Waals surface area contributed by atoms with E-state index in [0.29, 0.717) is 18.4 Å². The minimum atomic E-state index is -0.789. The SMILES string of the molecule is CC1CCN(C(C)c2ccc(F)c(F)c2)CC1CN. The molecule has 2 rings (SSSR count). The van der Waals surface area contributed by atoms with Gasteiger partial charge in [0.05, 0.1) is 0 Å². The second-order valence-electron chi connectivity index (χ2n) is 5.61. The van der Waals surface area contributed by atoms with Crippen LogP contribution in [0.15, 0.2) is 18.2 Å². The van der Waals surface area contributed by atoms with Crippen LogP contribution in [0.25, 0.3) is 0 Å². The molecule has 1 aliphatic heterocycles. The maximum Gasteiger partial charge on any atom is 0.159 e. The number of nitrogens with zero attached hydrogens (tertiary/aromatic N) is 1. The van der Waals surface area contributed by atoms with Crippen molar-refractivity contribution in [1.82, 2.24) is 4.90 Å². The molecule has 2 N–H and O–H groups in total. The fourth-order valence-electron chi connectivity index (χ4n) is 2.82. The van der Waals surface area contributed by atoms with Gasteiger partial charge in [-0.1, -0.05) is 13.0 Å². The Labute approximate surface area is 113 Å². The summed E-state index contributed by atoms with van der Waals surface area (Å²) in [4.78, 5) is 2.31. The van der Waals surface area contributed by atoms with E-state index in [4.69, 9.17) is 5.73 Å². The van der Waals surface area contributed by atoms with Gasteiger partial charge < -0.3 is 5.73 Å². The average Bonchev–Trinajstić information content (AvgIpc) is 2.41. The second-order valence-corrected chi connectivity index (χ2v) is 5.61. The molecular weight excluding hydrogens is 246 g/mol. The third-order valence-electron chi connectivity index (χ3n) is 4.42. The van der Waals surface area contributed by atoms with Crippen molar-refractivity contribution in [3.05, 3.63) is 35.4 Å². The number of benzene rings is 1. The first-order chi connectivity index (χ1) is 9.02. The molecule has 0 bridgehead atoms. The van der Waals surface area contributed by atoms with Crippen molar-refractivity contribution in [2.75, 3.05) is 19.6 Å². The quantitative estimate of drug-likeness (QED) is 0.913. The molecule has 0 amide bonds. The third kappa shape index (κ3) is 3.12. The monoisotopic (exact) mass is 268 g/mol. The Morgan fingerprint density at radius 2 is 2.11 bits per heavy atom. The van der Waals surface area contributed by atoms with Crippen LogP contribution in [0.2, 0.25) is 0 Å². The van der Waals surface area contributed by atoms with Gasteiger partial charge in [0.15, 0.2) is 11.6 Å². The molecule has 19 heavy (non-hydrogen) atoms. The van der Waals surface area contributed by atoms with Crippen molar-refractivity contribution in [2.45, 2.75) is 26.3 Å². The standard InChI is InChI=1S/C15H22F2N2/c1-10-5-6-19(9-13(10)8-18)11(2)12-3-4-14(16)15(17)7-12/h3-4,7,10-11,13H,5-6,8-9,18H2,1-2H3. The number of rotatable bonds is 3. The largest absolute Gasteiger partial charge is 0.330 e. The first kappa shape index (κ1) is 14.4. The molecule has 0 aromatic heterocycles. The number of hydrogen-bond acceptors (Lipinski definition) is 2. The maximum atomic E-state index is 13.3. The zero-order valence-electron chi connectivity index (χ0n) is 11.6. The van der Waals surface area contributed by atoms with E-state index in [9.17, 15) is 8.78 Å². The Morgan fingerprint density at radius 3 is 2.74 bits per heavy atom. The summed E-state index contributed by atoms with van der Waals surface area (Å²) >= 11 is 0. The fraction of sp³-hybridized carbons (Fsp3) is 0.600. The van der Waals surface area contributed by atoms with E-state index in [1.54, 1.807) is 6.07 Å². The summed E-state index contributed by atoms with van der Waals surface area (Å²) in [5.41, 5.74) is 6.63. The van der Waals surface area contributed by atoms with Gasteiger partial charge in [-0.2, -0.15) is 0 Å². The number of nitrogens with two attached hydrogens (primary N) is 1. The molecule has 0 radical (unpaired) electrons. The van der Waals surface area contributed by atoms with Crippen LogP contribution in [0.3, 0.4) is 0 Å². The molecule has 1 saturated heterocycles. The minimum absolute atomic E-state index is 0.0941. The molecule has 0 aliphatic carbocycles. The molecule has 3 unspecified atom stereocenters. The Hall–Kier alpha value is -1.00. The van der Waals surface area contributed by atoms with Gasteiger partial charge in [0.2, 0.25) is 0 Å². The van der Waals surface area contributed by atoms with Gasteiger partial charge >= 0.3 is 0 Å². The van der Waals surface area contributed by atoms with Gasteiger partial charge in [0, 0.05) is 12.6 Å². The van der Waals surface area contributed by atoms with E-state index in [0.717, 1.165) is 25.1 Å². The lowest BCUT2D eigenvalue weighted by Gasteiger charge is -2.40. The van der Waals surface area contributed by atoms with Crippen molar-refractivity contribution in [3.8, 4) is 0 Å². The molecule has 1 fully saturated rings. The van der Waals surface area contributed by atoms with Crippen molar-refractivity contribution in [3.63, 3.8) is 0 Å². The van der Waals surface area contributed by atoms with Gasteiger partial charge in [-0.3, -0.25) is 4.90 Å². The summed E-state index contributed by atoms with van der Waals surface area (Å²) in [5, 5.41) is 0. The van der Waals surface area contributed by atoms with Crippen molar-refractivity contribution < 1.29 is 8.78 Å². The fourth-order valence-corrected chi connectivity index (χ4v) is 2.82. The highest BCUT2D eigenvalue weighted by Crippen LogP contribution is 2.29. The topological polar surface area (TPSA) is 29.3 Å². The molecule has 1 aromatic rings.